The first kappa shape index (κ1) is 33.7. The standard InChI is InChI=1S/C26H48NO7P/c1-5-6-7-8-9-10-11-12-13-14-15-16-17-18-19-20-26(29)34-25(23-28)24-33-35(30,31)32-22-21-27(2,3)4/h11-12,14-15,17-18,25,28H,5-10,13,16,19-24H2,1-4H3/b12-11-,15-14-,18-17-. The monoisotopic (exact) mass is 517 g/mol. The number of unbranched alkanes of at least 4 members (excludes halogenated alkanes) is 5. The maximum Gasteiger partial charge on any atom is 0.306 e. The number of carbonyl (C=O) groups excluding carboxylic acids is 1. The lowest BCUT2D eigenvalue weighted by Crippen LogP contribution is -2.37. The topological polar surface area (TPSA) is 105 Å². The molecular formula is C26H48NO7P. The second-order valence-corrected chi connectivity index (χ2v) is 10.9. The van der Waals surface area contributed by atoms with Crippen molar-refractivity contribution in [3.63, 3.8) is 0 Å². The van der Waals surface area contributed by atoms with E-state index in [1.54, 1.807) is 0 Å². The van der Waals surface area contributed by atoms with E-state index in [1.807, 2.05) is 33.3 Å². The molecule has 2 atom stereocenters. The van der Waals surface area contributed by atoms with Crippen molar-refractivity contribution < 1.29 is 37.6 Å². The summed E-state index contributed by atoms with van der Waals surface area (Å²) in [7, 11) is 1.19. The Morgan fingerprint density at radius 2 is 1.54 bits per heavy atom. The third-order valence-electron chi connectivity index (χ3n) is 4.97. The number of aliphatic hydroxyl groups is 1. The van der Waals surface area contributed by atoms with Crippen LogP contribution in [-0.2, 0) is 23.1 Å². The number of phosphoric ester groups is 1. The predicted octanol–water partition coefficient (Wildman–Crippen LogP) is 4.69. The molecule has 35 heavy (non-hydrogen) atoms. The summed E-state index contributed by atoms with van der Waals surface area (Å²) < 4.78 is 26.9. The van der Waals surface area contributed by atoms with Gasteiger partial charge < -0.3 is 28.3 Å². The van der Waals surface area contributed by atoms with E-state index in [9.17, 15) is 19.4 Å². The largest absolute Gasteiger partial charge is 0.756 e. The van der Waals surface area contributed by atoms with E-state index in [0.29, 0.717) is 17.4 Å². The fourth-order valence-electron chi connectivity index (χ4n) is 2.85. The van der Waals surface area contributed by atoms with Gasteiger partial charge in [0, 0.05) is 6.42 Å². The third-order valence-corrected chi connectivity index (χ3v) is 5.93. The molecule has 1 N–H and O–H groups in total. The molecule has 0 aliphatic rings. The Bertz CT molecular complexity index is 671. The number of esters is 1. The van der Waals surface area contributed by atoms with E-state index in [-0.39, 0.29) is 13.0 Å². The van der Waals surface area contributed by atoms with Gasteiger partial charge in [-0.2, -0.15) is 0 Å². The number of nitrogens with zero attached hydrogens (tertiary/aromatic N) is 1. The van der Waals surface area contributed by atoms with Crippen molar-refractivity contribution in [2.24, 2.45) is 0 Å². The van der Waals surface area contributed by atoms with Crippen LogP contribution in [0.25, 0.3) is 0 Å². The number of hydrogen-bond donors (Lipinski definition) is 1. The third kappa shape index (κ3) is 24.2. The smallest absolute Gasteiger partial charge is 0.306 e. The quantitative estimate of drug-likeness (QED) is 0.0730. The van der Waals surface area contributed by atoms with E-state index in [2.05, 4.69) is 31.2 Å². The summed E-state index contributed by atoms with van der Waals surface area (Å²) in [4.78, 5) is 23.7. The van der Waals surface area contributed by atoms with Gasteiger partial charge in [-0.15, -0.1) is 0 Å². The van der Waals surface area contributed by atoms with E-state index in [4.69, 9.17) is 13.8 Å². The molecule has 0 saturated carbocycles. The molecule has 0 saturated heterocycles. The van der Waals surface area contributed by atoms with Gasteiger partial charge in [-0.25, -0.2) is 0 Å². The molecular weight excluding hydrogens is 469 g/mol. The van der Waals surface area contributed by atoms with E-state index < -0.39 is 33.1 Å². The fraction of sp³-hybridized carbons (Fsp3) is 0.731. The van der Waals surface area contributed by atoms with Gasteiger partial charge in [0.05, 0.1) is 34.4 Å². The molecule has 2 unspecified atom stereocenters. The van der Waals surface area contributed by atoms with Gasteiger partial charge in [-0.1, -0.05) is 69.1 Å². The Balaban J connectivity index is 3.94. The zero-order chi connectivity index (χ0) is 26.4. The number of likely N-dealkylation sites (N-methyl/N-ethyl adjacent to an activating group) is 1. The zero-order valence-electron chi connectivity index (χ0n) is 22.2. The zero-order valence-corrected chi connectivity index (χ0v) is 23.1. The lowest BCUT2D eigenvalue weighted by Gasteiger charge is -2.28. The van der Waals surface area contributed by atoms with Crippen molar-refractivity contribution in [3.05, 3.63) is 36.5 Å². The van der Waals surface area contributed by atoms with Crippen LogP contribution in [0.3, 0.4) is 0 Å². The molecule has 8 nitrogen and oxygen atoms in total. The van der Waals surface area contributed by atoms with Crippen LogP contribution in [-0.4, -0.2) is 69.2 Å². The van der Waals surface area contributed by atoms with Crippen LogP contribution in [0, 0.1) is 0 Å². The lowest BCUT2D eigenvalue weighted by molar-refractivity contribution is -0.870. The first-order chi connectivity index (χ1) is 16.6. The molecule has 0 aliphatic heterocycles. The minimum absolute atomic E-state index is 0.0225. The number of carbonyl (C=O) groups is 1. The predicted molar refractivity (Wildman–Crippen MR) is 139 cm³/mol. The second-order valence-electron chi connectivity index (χ2n) is 9.51. The van der Waals surface area contributed by atoms with Crippen molar-refractivity contribution in [2.45, 2.75) is 77.2 Å². The number of rotatable bonds is 22. The van der Waals surface area contributed by atoms with Crippen molar-refractivity contribution in [1.29, 1.82) is 0 Å². The SMILES string of the molecule is CCCCCCC/C=C\C/C=C\C/C=C\CCC(=O)OC(CO)COP(=O)([O-])OCC[N+](C)(C)C. The summed E-state index contributed by atoms with van der Waals surface area (Å²) in [6, 6.07) is 0. The average molecular weight is 518 g/mol. The summed E-state index contributed by atoms with van der Waals surface area (Å²) >= 11 is 0. The van der Waals surface area contributed by atoms with Gasteiger partial charge in [0.15, 0.2) is 0 Å². The molecule has 0 bridgehead atoms. The summed E-state index contributed by atoms with van der Waals surface area (Å²) in [5.74, 6) is -0.528. The number of hydrogen-bond acceptors (Lipinski definition) is 7. The Hall–Kier alpha value is -1.28. The van der Waals surface area contributed by atoms with Crippen LogP contribution in [0.2, 0.25) is 0 Å². The van der Waals surface area contributed by atoms with E-state index in [0.717, 1.165) is 19.3 Å². The van der Waals surface area contributed by atoms with Crippen LogP contribution in [0.4, 0.5) is 0 Å². The van der Waals surface area contributed by atoms with Crippen LogP contribution < -0.4 is 4.89 Å². The van der Waals surface area contributed by atoms with Crippen molar-refractivity contribution in [3.8, 4) is 0 Å². The number of ether oxygens (including phenoxy) is 1. The molecule has 9 heteroatoms. The highest BCUT2D eigenvalue weighted by Gasteiger charge is 2.19. The molecule has 0 amide bonds. The minimum atomic E-state index is -4.53. The molecule has 0 radical (unpaired) electrons. The average Bonchev–Trinajstić information content (AvgIpc) is 2.78. The molecule has 0 spiro atoms. The Morgan fingerprint density at radius 1 is 0.943 bits per heavy atom. The van der Waals surface area contributed by atoms with E-state index in [1.165, 1.54) is 32.1 Å². The number of phosphoric acid groups is 1. The van der Waals surface area contributed by atoms with Crippen molar-refractivity contribution in [2.75, 3.05) is 47.5 Å². The summed E-state index contributed by atoms with van der Waals surface area (Å²) in [6.45, 7) is 1.66. The number of quaternary nitrogens is 1. The first-order valence-electron chi connectivity index (χ1n) is 12.8. The maximum absolute atomic E-state index is 11.9. The molecule has 0 aromatic rings. The normalized spacial score (nSPS) is 15.3. The van der Waals surface area contributed by atoms with Gasteiger partial charge >= 0.3 is 5.97 Å². The van der Waals surface area contributed by atoms with Gasteiger partial charge in [0.25, 0.3) is 7.82 Å². The van der Waals surface area contributed by atoms with Crippen molar-refractivity contribution >= 4 is 13.8 Å². The van der Waals surface area contributed by atoms with Crippen LogP contribution in [0.1, 0.15) is 71.1 Å². The second kappa shape index (κ2) is 20.9. The van der Waals surface area contributed by atoms with Crippen molar-refractivity contribution in [1.82, 2.24) is 0 Å². The first-order valence-corrected chi connectivity index (χ1v) is 14.2. The lowest BCUT2D eigenvalue weighted by atomic mass is 10.1. The van der Waals surface area contributed by atoms with Gasteiger partial charge in [0.1, 0.15) is 19.3 Å². The summed E-state index contributed by atoms with van der Waals surface area (Å²) in [5.41, 5.74) is 0. The molecule has 0 aromatic heterocycles. The number of allylic oxidation sites excluding steroid dienone is 6. The van der Waals surface area contributed by atoms with Gasteiger partial charge in [-0.05, 0) is 32.1 Å². The van der Waals surface area contributed by atoms with E-state index >= 15 is 0 Å². The Morgan fingerprint density at radius 3 is 2.14 bits per heavy atom. The van der Waals surface area contributed by atoms with Crippen LogP contribution in [0.5, 0.6) is 0 Å². The van der Waals surface area contributed by atoms with Crippen LogP contribution in [0.15, 0.2) is 36.5 Å². The molecule has 0 aliphatic carbocycles. The molecule has 0 fully saturated rings. The van der Waals surface area contributed by atoms with Gasteiger partial charge in [0.2, 0.25) is 0 Å². The Labute approximate surface area is 212 Å². The molecule has 0 aromatic carbocycles. The minimum Gasteiger partial charge on any atom is -0.756 e. The fourth-order valence-corrected chi connectivity index (χ4v) is 3.58. The highest BCUT2D eigenvalue weighted by molar-refractivity contribution is 7.45. The van der Waals surface area contributed by atoms with Gasteiger partial charge in [-0.3, -0.25) is 9.36 Å². The molecule has 0 heterocycles. The van der Waals surface area contributed by atoms with Crippen LogP contribution >= 0.6 is 7.82 Å². The highest BCUT2D eigenvalue weighted by atomic mass is 31.2. The number of aliphatic hydroxyl groups excluding tert-OH is 1. The summed E-state index contributed by atoms with van der Waals surface area (Å²) in [6.07, 6.45) is 21.5. The highest BCUT2D eigenvalue weighted by Crippen LogP contribution is 2.38. The molecule has 0 rings (SSSR count). The Kier molecular flexibility index (Phi) is 20.1. The summed E-state index contributed by atoms with van der Waals surface area (Å²) in [5, 5.41) is 9.34. The molecule has 204 valence electrons. The maximum atomic E-state index is 11.9.